The Morgan fingerprint density at radius 3 is 2.79 bits per heavy atom. The minimum Gasteiger partial charge on any atom is -0.549 e. The van der Waals surface area contributed by atoms with E-state index >= 15 is 0 Å². The summed E-state index contributed by atoms with van der Waals surface area (Å²) in [4.78, 5) is 35.0. The van der Waals surface area contributed by atoms with Crippen LogP contribution in [0, 0.1) is 0 Å². The van der Waals surface area contributed by atoms with E-state index in [4.69, 9.17) is 11.6 Å². The normalized spacial score (nSPS) is 17.9. The molecule has 0 saturated carbocycles. The maximum absolute atomic E-state index is 12.1. The Labute approximate surface area is 150 Å². The molecule has 24 heavy (non-hydrogen) atoms. The number of aromatic nitrogens is 2. The van der Waals surface area contributed by atoms with Crippen LogP contribution in [0.25, 0.3) is 0 Å². The minimum absolute atomic E-state index is 0.0749. The van der Waals surface area contributed by atoms with Crippen molar-refractivity contribution in [3.63, 3.8) is 0 Å². The van der Waals surface area contributed by atoms with E-state index in [9.17, 15) is 14.7 Å². The first kappa shape index (κ1) is 18.8. The molecule has 0 spiro atoms. The molecule has 7 nitrogen and oxygen atoms in total. The highest BCUT2D eigenvalue weighted by atomic mass is 35.5. The molecule has 1 atom stereocenters. The highest BCUT2D eigenvalue weighted by molar-refractivity contribution is 7.99. The number of nitrogens with zero attached hydrogens (tertiary/aromatic N) is 4. The number of carbonyl (C=O) groups is 2. The molecule has 0 bridgehead atoms. The number of hydrogen-bond donors (Lipinski definition) is 0. The third-order valence-corrected chi connectivity index (χ3v) is 4.73. The molecule has 9 heteroatoms. The van der Waals surface area contributed by atoms with Gasteiger partial charge in [-0.15, -0.1) is 0 Å². The largest absolute Gasteiger partial charge is 0.549 e. The lowest BCUT2D eigenvalue weighted by molar-refractivity contribution is -0.301. The van der Waals surface area contributed by atoms with Crippen molar-refractivity contribution in [3.8, 4) is 0 Å². The standard InChI is InChI=1S/C15H21ClN4O3S/c1-3-4-13(21)20-6-5-19(8-10(20)2)12-7-11(16)17-15(18-12)24-9-14(22)23/h7,10H,3-6,8-9H2,1-2H3,(H,22,23)/p-1/t10-/m0/s1. The highest BCUT2D eigenvalue weighted by Crippen LogP contribution is 2.24. The van der Waals surface area contributed by atoms with Crippen LogP contribution in [0.4, 0.5) is 5.82 Å². The van der Waals surface area contributed by atoms with Gasteiger partial charge >= 0.3 is 0 Å². The number of hydrogen-bond acceptors (Lipinski definition) is 7. The predicted octanol–water partition coefficient (Wildman–Crippen LogP) is 0.809. The molecule has 0 unspecified atom stereocenters. The molecule has 0 radical (unpaired) electrons. The summed E-state index contributed by atoms with van der Waals surface area (Å²) in [6.07, 6.45) is 1.40. The monoisotopic (exact) mass is 371 g/mol. The number of carboxylic acid groups (broad SMARTS) is 1. The predicted molar refractivity (Wildman–Crippen MR) is 91.1 cm³/mol. The number of halogens is 1. The van der Waals surface area contributed by atoms with Gasteiger partial charge in [0.1, 0.15) is 11.0 Å². The van der Waals surface area contributed by atoms with Gasteiger partial charge in [-0.25, -0.2) is 9.97 Å². The number of carbonyl (C=O) groups excluding carboxylic acids is 2. The highest BCUT2D eigenvalue weighted by Gasteiger charge is 2.27. The van der Waals surface area contributed by atoms with E-state index in [1.807, 2.05) is 23.6 Å². The second-order valence-corrected chi connectivity index (χ2v) is 6.95. The maximum atomic E-state index is 12.1. The van der Waals surface area contributed by atoms with Crippen LogP contribution < -0.4 is 10.0 Å². The third kappa shape index (κ3) is 4.98. The van der Waals surface area contributed by atoms with Crippen molar-refractivity contribution in [1.29, 1.82) is 0 Å². The van der Waals surface area contributed by atoms with Gasteiger partial charge in [-0.1, -0.05) is 30.3 Å². The van der Waals surface area contributed by atoms with Gasteiger partial charge < -0.3 is 19.7 Å². The Balaban J connectivity index is 2.07. The second-order valence-electron chi connectivity index (χ2n) is 5.62. The smallest absolute Gasteiger partial charge is 0.222 e. The molecule has 1 amide bonds. The number of thioether (sulfide) groups is 1. The Morgan fingerprint density at radius 1 is 1.42 bits per heavy atom. The van der Waals surface area contributed by atoms with Crippen molar-refractivity contribution in [2.75, 3.05) is 30.3 Å². The van der Waals surface area contributed by atoms with Crippen molar-refractivity contribution >= 4 is 41.1 Å². The zero-order valence-corrected chi connectivity index (χ0v) is 15.3. The summed E-state index contributed by atoms with van der Waals surface area (Å²) < 4.78 is 0. The van der Waals surface area contributed by atoms with E-state index in [2.05, 4.69) is 9.97 Å². The molecule has 1 aliphatic rings. The van der Waals surface area contributed by atoms with Crippen molar-refractivity contribution in [2.24, 2.45) is 0 Å². The molecule has 0 aliphatic carbocycles. The summed E-state index contributed by atoms with van der Waals surface area (Å²) in [6.45, 7) is 5.93. The van der Waals surface area contributed by atoms with Gasteiger partial charge in [0.25, 0.3) is 0 Å². The van der Waals surface area contributed by atoms with Crippen LogP contribution in [0.1, 0.15) is 26.7 Å². The molecule has 2 rings (SSSR count). The van der Waals surface area contributed by atoms with E-state index in [-0.39, 0.29) is 22.9 Å². The van der Waals surface area contributed by atoms with Crippen LogP contribution in [0.3, 0.4) is 0 Å². The van der Waals surface area contributed by atoms with E-state index in [0.29, 0.717) is 37.0 Å². The SMILES string of the molecule is CCCC(=O)N1CCN(c2cc(Cl)nc(SCC(=O)[O-])n2)C[C@@H]1C. The number of aliphatic carboxylic acids is 1. The van der Waals surface area contributed by atoms with Crippen LogP contribution >= 0.6 is 23.4 Å². The fourth-order valence-electron chi connectivity index (χ4n) is 2.63. The lowest BCUT2D eigenvalue weighted by Crippen LogP contribution is -2.54. The molecule has 2 heterocycles. The van der Waals surface area contributed by atoms with Crippen LogP contribution in [0.2, 0.25) is 5.15 Å². The lowest BCUT2D eigenvalue weighted by atomic mass is 10.1. The molecule has 1 fully saturated rings. The zero-order valence-electron chi connectivity index (χ0n) is 13.7. The number of amides is 1. The summed E-state index contributed by atoms with van der Waals surface area (Å²) in [6, 6.07) is 1.73. The van der Waals surface area contributed by atoms with E-state index in [1.54, 1.807) is 6.07 Å². The van der Waals surface area contributed by atoms with Crippen molar-refractivity contribution in [2.45, 2.75) is 37.9 Å². The van der Waals surface area contributed by atoms with Crippen LogP contribution in [0.15, 0.2) is 11.2 Å². The summed E-state index contributed by atoms with van der Waals surface area (Å²) in [5, 5.41) is 11.1. The van der Waals surface area contributed by atoms with Crippen LogP contribution in [0.5, 0.6) is 0 Å². The topological polar surface area (TPSA) is 89.5 Å². The second kappa shape index (κ2) is 8.53. The Morgan fingerprint density at radius 2 is 2.17 bits per heavy atom. The summed E-state index contributed by atoms with van der Waals surface area (Å²) >= 11 is 7.00. The summed E-state index contributed by atoms with van der Waals surface area (Å²) in [7, 11) is 0. The van der Waals surface area contributed by atoms with Gasteiger partial charge in [0, 0.05) is 43.9 Å². The molecule has 1 aliphatic heterocycles. The average molecular weight is 372 g/mol. The van der Waals surface area contributed by atoms with Gasteiger partial charge in [0.2, 0.25) is 5.91 Å². The number of anilines is 1. The first-order valence-corrected chi connectivity index (χ1v) is 9.18. The van der Waals surface area contributed by atoms with Crippen molar-refractivity contribution < 1.29 is 14.7 Å². The lowest BCUT2D eigenvalue weighted by Gasteiger charge is -2.40. The summed E-state index contributed by atoms with van der Waals surface area (Å²) in [5.74, 6) is -0.585. The molecule has 132 valence electrons. The Kier molecular flexibility index (Phi) is 6.68. The van der Waals surface area contributed by atoms with Gasteiger partial charge in [-0.2, -0.15) is 0 Å². The third-order valence-electron chi connectivity index (χ3n) is 3.72. The van der Waals surface area contributed by atoms with Gasteiger partial charge in [0.05, 0.1) is 5.97 Å². The zero-order chi connectivity index (χ0) is 17.7. The molecular formula is C15H20ClN4O3S-. The quantitative estimate of drug-likeness (QED) is 0.415. The van der Waals surface area contributed by atoms with E-state index < -0.39 is 5.97 Å². The Bertz CT molecular complexity index is 616. The van der Waals surface area contributed by atoms with Crippen molar-refractivity contribution in [3.05, 3.63) is 11.2 Å². The maximum Gasteiger partial charge on any atom is 0.222 e. The van der Waals surface area contributed by atoms with E-state index in [1.165, 1.54) is 0 Å². The first-order valence-electron chi connectivity index (χ1n) is 7.82. The minimum atomic E-state index is -1.18. The van der Waals surface area contributed by atoms with Gasteiger partial charge in [0.15, 0.2) is 5.16 Å². The van der Waals surface area contributed by atoms with Gasteiger partial charge in [-0.05, 0) is 13.3 Å². The molecule has 0 N–H and O–H groups in total. The van der Waals surface area contributed by atoms with Crippen LogP contribution in [-0.4, -0.2) is 58.2 Å². The number of piperazine rings is 1. The fourth-order valence-corrected chi connectivity index (χ4v) is 3.42. The Hall–Kier alpha value is -1.54. The molecule has 1 saturated heterocycles. The van der Waals surface area contributed by atoms with Crippen molar-refractivity contribution in [1.82, 2.24) is 14.9 Å². The summed E-state index contributed by atoms with van der Waals surface area (Å²) in [5.41, 5.74) is 0. The molecule has 1 aromatic rings. The number of rotatable bonds is 6. The first-order chi connectivity index (χ1) is 11.4. The number of carboxylic acids is 1. The molecule has 1 aromatic heterocycles. The molecule has 0 aromatic carbocycles. The van der Waals surface area contributed by atoms with E-state index in [0.717, 1.165) is 18.2 Å². The molecular weight excluding hydrogens is 352 g/mol. The van der Waals surface area contributed by atoms with Crippen LogP contribution in [-0.2, 0) is 9.59 Å². The average Bonchev–Trinajstić information content (AvgIpc) is 2.52. The van der Waals surface area contributed by atoms with Gasteiger partial charge in [-0.3, -0.25) is 4.79 Å². The fraction of sp³-hybridized carbons (Fsp3) is 0.600.